The Morgan fingerprint density at radius 2 is 2.00 bits per heavy atom. The number of nitrogen functional groups attached to an aromatic ring is 1. The summed E-state index contributed by atoms with van der Waals surface area (Å²) in [6.45, 7) is 1.87. The Kier molecular flexibility index (Phi) is 2.33. The highest BCUT2D eigenvalue weighted by Gasteiger charge is 2.19. The van der Waals surface area contributed by atoms with Crippen LogP contribution in [-0.4, -0.2) is 9.38 Å². The minimum Gasteiger partial charge on any atom is -0.461 e. The van der Waals surface area contributed by atoms with Crippen LogP contribution in [-0.2, 0) is 0 Å². The number of para-hydroxylation sites is 1. The summed E-state index contributed by atoms with van der Waals surface area (Å²) in [6.07, 6.45) is 1.33. The van der Waals surface area contributed by atoms with Gasteiger partial charge in [0, 0.05) is 11.6 Å². The van der Waals surface area contributed by atoms with Crippen LogP contribution in [0.1, 0.15) is 5.76 Å². The fourth-order valence-electron chi connectivity index (χ4n) is 2.68. The van der Waals surface area contributed by atoms with Crippen LogP contribution in [0.2, 0.25) is 0 Å². The molecule has 0 unspecified atom stereocenters. The number of aromatic nitrogens is 2. The fraction of sp³-hybridized carbons (Fsp3) is 0.0625. The lowest BCUT2D eigenvalue weighted by molar-refractivity contribution is 0.580. The van der Waals surface area contributed by atoms with E-state index in [4.69, 9.17) is 10.2 Å². The summed E-state index contributed by atoms with van der Waals surface area (Å²) in [7, 11) is 0. The highest BCUT2D eigenvalue weighted by atomic mass is 19.1. The molecule has 0 atom stereocenters. The van der Waals surface area contributed by atoms with Crippen molar-refractivity contribution in [1.82, 2.24) is 9.38 Å². The monoisotopic (exact) mass is 281 g/mol. The van der Waals surface area contributed by atoms with Crippen LogP contribution in [0, 0.1) is 12.7 Å². The standard InChI is InChI=1S/C16H12FN3O/c1-9-14(11-4-2-3-5-12(11)21-9)15-16(18)20-8-10(17)6-7-13(20)19-15/h2-8H,18H2,1H3. The third-order valence-electron chi connectivity index (χ3n) is 3.63. The Morgan fingerprint density at radius 3 is 2.86 bits per heavy atom. The van der Waals surface area contributed by atoms with E-state index in [2.05, 4.69) is 4.98 Å². The number of nitrogens with two attached hydrogens (primary N) is 1. The van der Waals surface area contributed by atoms with Crippen LogP contribution in [0.4, 0.5) is 10.2 Å². The van der Waals surface area contributed by atoms with Gasteiger partial charge in [0.2, 0.25) is 0 Å². The van der Waals surface area contributed by atoms with Gasteiger partial charge >= 0.3 is 0 Å². The second-order valence-electron chi connectivity index (χ2n) is 4.95. The number of hydrogen-bond acceptors (Lipinski definition) is 3. The number of halogens is 1. The number of pyridine rings is 1. The van der Waals surface area contributed by atoms with Crippen molar-refractivity contribution in [2.45, 2.75) is 6.92 Å². The van der Waals surface area contributed by atoms with E-state index in [0.29, 0.717) is 17.2 Å². The minimum absolute atomic E-state index is 0.355. The molecule has 0 spiro atoms. The quantitative estimate of drug-likeness (QED) is 0.577. The summed E-state index contributed by atoms with van der Waals surface area (Å²) in [4.78, 5) is 4.52. The van der Waals surface area contributed by atoms with Gasteiger partial charge in [0.25, 0.3) is 0 Å². The number of imidazole rings is 1. The summed E-state index contributed by atoms with van der Waals surface area (Å²) in [5, 5.41) is 0.950. The van der Waals surface area contributed by atoms with Gasteiger partial charge in [0.05, 0.1) is 5.56 Å². The lowest BCUT2D eigenvalue weighted by atomic mass is 10.1. The Hall–Kier alpha value is -2.82. The summed E-state index contributed by atoms with van der Waals surface area (Å²) in [5.41, 5.74) is 9.01. The van der Waals surface area contributed by atoms with Crippen molar-refractivity contribution in [3.63, 3.8) is 0 Å². The highest BCUT2D eigenvalue weighted by Crippen LogP contribution is 2.37. The van der Waals surface area contributed by atoms with E-state index in [9.17, 15) is 4.39 Å². The molecule has 0 radical (unpaired) electrons. The molecule has 4 nitrogen and oxygen atoms in total. The molecule has 0 aliphatic heterocycles. The zero-order chi connectivity index (χ0) is 14.6. The van der Waals surface area contributed by atoms with Crippen LogP contribution in [0.3, 0.4) is 0 Å². The number of nitrogens with zero attached hydrogens (tertiary/aromatic N) is 2. The molecule has 0 saturated heterocycles. The molecule has 0 bridgehead atoms. The van der Waals surface area contributed by atoms with Gasteiger partial charge in [-0.15, -0.1) is 0 Å². The van der Waals surface area contributed by atoms with Gasteiger partial charge in [-0.05, 0) is 25.1 Å². The molecule has 2 N–H and O–H groups in total. The Labute approximate surface area is 119 Å². The Morgan fingerprint density at radius 1 is 1.19 bits per heavy atom. The van der Waals surface area contributed by atoms with Crippen LogP contribution in [0.25, 0.3) is 27.9 Å². The number of benzene rings is 1. The summed E-state index contributed by atoms with van der Waals surface area (Å²) >= 11 is 0. The second-order valence-corrected chi connectivity index (χ2v) is 4.95. The SMILES string of the molecule is Cc1oc2ccccc2c1-c1nc2ccc(F)cn2c1N. The largest absolute Gasteiger partial charge is 0.461 e. The van der Waals surface area contributed by atoms with Crippen molar-refractivity contribution in [3.8, 4) is 11.3 Å². The van der Waals surface area contributed by atoms with E-state index in [0.717, 1.165) is 22.3 Å². The van der Waals surface area contributed by atoms with Crippen molar-refractivity contribution in [2.24, 2.45) is 0 Å². The molecule has 21 heavy (non-hydrogen) atoms. The molecule has 3 heterocycles. The lowest BCUT2D eigenvalue weighted by Crippen LogP contribution is -1.95. The van der Waals surface area contributed by atoms with E-state index in [-0.39, 0.29) is 5.82 Å². The zero-order valence-corrected chi connectivity index (χ0v) is 11.3. The van der Waals surface area contributed by atoms with Gasteiger partial charge < -0.3 is 10.2 Å². The number of hydrogen-bond donors (Lipinski definition) is 1. The van der Waals surface area contributed by atoms with Crippen LogP contribution >= 0.6 is 0 Å². The lowest BCUT2D eigenvalue weighted by Gasteiger charge is -1.99. The van der Waals surface area contributed by atoms with Gasteiger partial charge in [-0.3, -0.25) is 4.40 Å². The summed E-state index contributed by atoms with van der Waals surface area (Å²) in [6, 6.07) is 10.7. The normalized spacial score (nSPS) is 11.5. The third kappa shape index (κ3) is 1.64. The topological polar surface area (TPSA) is 56.5 Å². The first-order chi connectivity index (χ1) is 10.1. The van der Waals surface area contributed by atoms with Crippen molar-refractivity contribution in [3.05, 3.63) is 54.2 Å². The third-order valence-corrected chi connectivity index (χ3v) is 3.63. The molecule has 0 aliphatic carbocycles. The Bertz CT molecular complexity index is 984. The van der Waals surface area contributed by atoms with Gasteiger partial charge in [-0.1, -0.05) is 18.2 Å². The molecule has 104 valence electrons. The molecular formula is C16H12FN3O. The maximum Gasteiger partial charge on any atom is 0.140 e. The molecule has 0 amide bonds. The van der Waals surface area contributed by atoms with Crippen molar-refractivity contribution < 1.29 is 8.81 Å². The first-order valence-electron chi connectivity index (χ1n) is 6.57. The summed E-state index contributed by atoms with van der Waals surface area (Å²) in [5.74, 6) is 0.790. The van der Waals surface area contributed by atoms with E-state index in [1.54, 1.807) is 10.5 Å². The van der Waals surface area contributed by atoms with Crippen LogP contribution in [0.15, 0.2) is 47.0 Å². The van der Waals surface area contributed by atoms with Gasteiger partial charge in [0.15, 0.2) is 0 Å². The van der Waals surface area contributed by atoms with Crippen LogP contribution < -0.4 is 5.73 Å². The number of furan rings is 1. The number of anilines is 1. The number of aryl methyl sites for hydroxylation is 1. The molecule has 4 rings (SSSR count). The molecule has 0 fully saturated rings. The molecule has 1 aromatic carbocycles. The number of rotatable bonds is 1. The van der Waals surface area contributed by atoms with E-state index in [1.165, 1.54) is 12.3 Å². The first-order valence-corrected chi connectivity index (χ1v) is 6.57. The van der Waals surface area contributed by atoms with E-state index in [1.807, 2.05) is 31.2 Å². The average Bonchev–Trinajstić information content (AvgIpc) is 2.96. The minimum atomic E-state index is -0.355. The van der Waals surface area contributed by atoms with E-state index < -0.39 is 0 Å². The fourth-order valence-corrected chi connectivity index (χ4v) is 2.68. The van der Waals surface area contributed by atoms with Crippen molar-refractivity contribution in [1.29, 1.82) is 0 Å². The molecule has 4 aromatic rings. The predicted molar refractivity (Wildman–Crippen MR) is 79.5 cm³/mol. The van der Waals surface area contributed by atoms with Gasteiger partial charge in [-0.25, -0.2) is 9.37 Å². The number of fused-ring (bicyclic) bond motifs is 2. The molecule has 0 saturated carbocycles. The predicted octanol–water partition coefficient (Wildman–Crippen LogP) is 3.78. The van der Waals surface area contributed by atoms with Crippen LogP contribution in [0.5, 0.6) is 0 Å². The first kappa shape index (κ1) is 12.0. The second kappa shape index (κ2) is 4.09. The zero-order valence-electron chi connectivity index (χ0n) is 11.3. The summed E-state index contributed by atoms with van der Waals surface area (Å²) < 4.78 is 20.7. The van der Waals surface area contributed by atoms with Gasteiger partial charge in [-0.2, -0.15) is 0 Å². The van der Waals surface area contributed by atoms with Crippen molar-refractivity contribution >= 4 is 22.4 Å². The van der Waals surface area contributed by atoms with Gasteiger partial charge in [0.1, 0.15) is 34.3 Å². The molecule has 3 aromatic heterocycles. The van der Waals surface area contributed by atoms with Crippen molar-refractivity contribution in [2.75, 3.05) is 5.73 Å². The Balaban J connectivity index is 2.09. The molecule has 5 heteroatoms. The maximum atomic E-state index is 13.4. The average molecular weight is 281 g/mol. The molecule has 0 aliphatic rings. The maximum absolute atomic E-state index is 13.4. The van der Waals surface area contributed by atoms with E-state index >= 15 is 0 Å². The highest BCUT2D eigenvalue weighted by molar-refractivity contribution is 5.97. The smallest absolute Gasteiger partial charge is 0.140 e. The molecular weight excluding hydrogens is 269 g/mol.